The zero-order valence-corrected chi connectivity index (χ0v) is 11.9. The average molecular weight is 297 g/mol. The molecule has 0 bridgehead atoms. The molecule has 1 saturated carbocycles. The van der Waals surface area contributed by atoms with E-state index in [0.717, 1.165) is 30.6 Å². The Balaban J connectivity index is 2.17. The largest absolute Gasteiger partial charge is 0.480 e. The molecule has 1 aliphatic heterocycles. The maximum atomic E-state index is 12.6. The van der Waals surface area contributed by atoms with Crippen molar-refractivity contribution in [2.24, 2.45) is 0 Å². The van der Waals surface area contributed by atoms with Gasteiger partial charge < -0.3 is 14.9 Å². The molecule has 1 heterocycles. The molecule has 8 nitrogen and oxygen atoms in total. The monoisotopic (exact) mass is 297 g/mol. The van der Waals surface area contributed by atoms with E-state index in [0.29, 0.717) is 0 Å². The van der Waals surface area contributed by atoms with Crippen LogP contribution in [0.25, 0.3) is 0 Å². The van der Waals surface area contributed by atoms with Crippen molar-refractivity contribution in [1.82, 2.24) is 15.1 Å². The van der Waals surface area contributed by atoms with Crippen LogP contribution in [0.5, 0.6) is 0 Å². The number of hydrogen-bond donors (Lipinski definition) is 2. The minimum atomic E-state index is -1.10. The lowest BCUT2D eigenvalue weighted by Crippen LogP contribution is -2.62. The Kier molecular flexibility index (Phi) is 4.44. The van der Waals surface area contributed by atoms with Gasteiger partial charge in [-0.2, -0.15) is 0 Å². The third kappa shape index (κ3) is 3.32. The van der Waals surface area contributed by atoms with Gasteiger partial charge in [-0.3, -0.25) is 19.7 Å². The zero-order valence-electron chi connectivity index (χ0n) is 11.9. The number of urea groups is 1. The van der Waals surface area contributed by atoms with Gasteiger partial charge in [-0.1, -0.05) is 12.8 Å². The molecule has 2 N–H and O–H groups in total. The highest BCUT2D eigenvalue weighted by Crippen LogP contribution is 2.25. The van der Waals surface area contributed by atoms with E-state index in [2.05, 4.69) is 5.32 Å². The number of carbonyl (C=O) groups excluding carboxylic acids is 3. The van der Waals surface area contributed by atoms with E-state index in [1.807, 2.05) is 0 Å². The molecule has 4 amide bonds. The Labute approximate surface area is 122 Å². The Morgan fingerprint density at radius 1 is 1.33 bits per heavy atom. The minimum Gasteiger partial charge on any atom is -0.480 e. The first kappa shape index (κ1) is 15.3. The van der Waals surface area contributed by atoms with Crippen molar-refractivity contribution in [3.63, 3.8) is 0 Å². The fourth-order valence-electron chi connectivity index (χ4n) is 2.83. The van der Waals surface area contributed by atoms with Gasteiger partial charge in [0.2, 0.25) is 11.8 Å². The van der Waals surface area contributed by atoms with Gasteiger partial charge in [0, 0.05) is 6.04 Å². The number of carboxylic acids is 1. The summed E-state index contributed by atoms with van der Waals surface area (Å²) in [5.41, 5.74) is 0. The van der Waals surface area contributed by atoms with Crippen molar-refractivity contribution >= 4 is 23.8 Å². The molecular weight excluding hydrogens is 278 g/mol. The van der Waals surface area contributed by atoms with Crippen LogP contribution in [0.4, 0.5) is 4.79 Å². The zero-order chi connectivity index (χ0) is 15.6. The summed E-state index contributed by atoms with van der Waals surface area (Å²) >= 11 is 0. The number of hydrogen-bond acceptors (Lipinski definition) is 4. The second-order valence-corrected chi connectivity index (χ2v) is 5.46. The number of carboxylic acid groups (broad SMARTS) is 1. The number of carbonyl (C=O) groups is 4. The maximum absolute atomic E-state index is 12.6. The Hall–Kier alpha value is -2.12. The van der Waals surface area contributed by atoms with Crippen LogP contribution in [-0.2, 0) is 14.4 Å². The van der Waals surface area contributed by atoms with Crippen molar-refractivity contribution in [1.29, 1.82) is 0 Å². The number of rotatable bonds is 3. The summed E-state index contributed by atoms with van der Waals surface area (Å²) < 4.78 is 0. The van der Waals surface area contributed by atoms with Crippen LogP contribution in [0.3, 0.4) is 0 Å². The molecule has 2 rings (SSSR count). The third-order valence-corrected chi connectivity index (χ3v) is 3.99. The highest BCUT2D eigenvalue weighted by atomic mass is 16.4. The van der Waals surface area contributed by atoms with Gasteiger partial charge in [0.25, 0.3) is 0 Å². The standard InChI is InChI=1S/C13H19N3O5/c1-8-12(20)14-10(17)6-15(8)13(21)16(7-11(18)19)9-4-2-3-5-9/h8-9H,2-7H2,1H3,(H,18,19)(H,14,17,20). The first-order chi connectivity index (χ1) is 9.90. The first-order valence-electron chi connectivity index (χ1n) is 7.03. The number of nitrogens with zero attached hydrogens (tertiary/aromatic N) is 2. The number of nitrogens with one attached hydrogen (secondary N) is 1. The molecule has 1 atom stereocenters. The van der Waals surface area contributed by atoms with Crippen LogP contribution in [0.2, 0.25) is 0 Å². The molecule has 1 aliphatic carbocycles. The summed E-state index contributed by atoms with van der Waals surface area (Å²) in [7, 11) is 0. The normalized spacial score (nSPS) is 23.1. The van der Waals surface area contributed by atoms with Gasteiger partial charge in [0.1, 0.15) is 19.1 Å². The highest BCUT2D eigenvalue weighted by molar-refractivity contribution is 6.04. The average Bonchev–Trinajstić information content (AvgIpc) is 2.93. The fourth-order valence-corrected chi connectivity index (χ4v) is 2.83. The van der Waals surface area contributed by atoms with Crippen molar-refractivity contribution < 1.29 is 24.3 Å². The molecule has 0 radical (unpaired) electrons. The lowest BCUT2D eigenvalue weighted by molar-refractivity contribution is -0.138. The smallest absolute Gasteiger partial charge is 0.323 e. The van der Waals surface area contributed by atoms with Crippen molar-refractivity contribution in [3.8, 4) is 0 Å². The number of aliphatic carboxylic acids is 1. The van der Waals surface area contributed by atoms with Gasteiger partial charge in [-0.25, -0.2) is 4.79 Å². The summed E-state index contributed by atoms with van der Waals surface area (Å²) in [5, 5.41) is 11.2. The molecular formula is C13H19N3O5. The summed E-state index contributed by atoms with van der Waals surface area (Å²) in [6.07, 6.45) is 3.40. The maximum Gasteiger partial charge on any atom is 0.323 e. The van der Waals surface area contributed by atoms with E-state index in [4.69, 9.17) is 5.11 Å². The molecule has 1 saturated heterocycles. The Morgan fingerprint density at radius 3 is 2.52 bits per heavy atom. The molecule has 2 fully saturated rings. The minimum absolute atomic E-state index is 0.138. The number of imide groups is 1. The van der Waals surface area contributed by atoms with E-state index >= 15 is 0 Å². The van der Waals surface area contributed by atoms with Gasteiger partial charge in [-0.15, -0.1) is 0 Å². The van der Waals surface area contributed by atoms with Crippen molar-refractivity contribution in [2.45, 2.75) is 44.7 Å². The molecule has 0 spiro atoms. The quantitative estimate of drug-likeness (QED) is 0.700. The molecule has 1 unspecified atom stereocenters. The summed E-state index contributed by atoms with van der Waals surface area (Å²) in [6, 6.07) is -1.48. The fraction of sp³-hybridized carbons (Fsp3) is 0.692. The van der Waals surface area contributed by atoms with Crippen LogP contribution in [0.1, 0.15) is 32.6 Å². The second kappa shape index (κ2) is 6.11. The lowest BCUT2D eigenvalue weighted by atomic mass is 10.2. The topological polar surface area (TPSA) is 107 Å². The van der Waals surface area contributed by atoms with E-state index in [-0.39, 0.29) is 12.6 Å². The van der Waals surface area contributed by atoms with Crippen molar-refractivity contribution in [3.05, 3.63) is 0 Å². The van der Waals surface area contributed by atoms with Gasteiger partial charge in [0.15, 0.2) is 0 Å². The molecule has 0 aromatic heterocycles. The van der Waals surface area contributed by atoms with Crippen LogP contribution < -0.4 is 5.32 Å². The van der Waals surface area contributed by atoms with Crippen molar-refractivity contribution in [2.75, 3.05) is 13.1 Å². The van der Waals surface area contributed by atoms with E-state index in [1.165, 1.54) is 11.8 Å². The van der Waals surface area contributed by atoms with Crippen LogP contribution in [0.15, 0.2) is 0 Å². The van der Waals surface area contributed by atoms with Crippen LogP contribution >= 0.6 is 0 Å². The third-order valence-electron chi connectivity index (χ3n) is 3.99. The highest BCUT2D eigenvalue weighted by Gasteiger charge is 2.38. The predicted molar refractivity (Wildman–Crippen MR) is 71.3 cm³/mol. The summed E-state index contributed by atoms with van der Waals surface area (Å²) in [4.78, 5) is 49.1. The van der Waals surface area contributed by atoms with Gasteiger partial charge in [-0.05, 0) is 19.8 Å². The van der Waals surface area contributed by atoms with E-state index in [9.17, 15) is 19.2 Å². The molecule has 0 aromatic carbocycles. The molecule has 21 heavy (non-hydrogen) atoms. The van der Waals surface area contributed by atoms with Gasteiger partial charge >= 0.3 is 12.0 Å². The molecule has 8 heteroatoms. The Morgan fingerprint density at radius 2 is 1.95 bits per heavy atom. The summed E-state index contributed by atoms with van der Waals surface area (Å²) in [6.45, 7) is 0.879. The number of amides is 4. The van der Waals surface area contributed by atoms with Crippen LogP contribution in [-0.4, -0.2) is 63.9 Å². The summed E-state index contributed by atoms with van der Waals surface area (Å²) in [5.74, 6) is -2.19. The van der Waals surface area contributed by atoms with E-state index < -0.39 is 36.4 Å². The van der Waals surface area contributed by atoms with E-state index in [1.54, 1.807) is 0 Å². The SMILES string of the molecule is CC1C(=O)NC(=O)CN1C(=O)N(CC(=O)O)C1CCCC1. The second-order valence-electron chi connectivity index (χ2n) is 5.46. The molecule has 116 valence electrons. The first-order valence-corrected chi connectivity index (χ1v) is 7.03. The Bertz CT molecular complexity index is 472. The number of piperazine rings is 1. The molecule has 2 aliphatic rings. The lowest BCUT2D eigenvalue weighted by Gasteiger charge is -2.37. The molecule has 0 aromatic rings. The van der Waals surface area contributed by atoms with Gasteiger partial charge in [0.05, 0.1) is 0 Å². The predicted octanol–water partition coefficient (Wildman–Crippen LogP) is -0.217. The van der Waals surface area contributed by atoms with Crippen LogP contribution in [0, 0.1) is 0 Å².